The number of benzene rings is 1. The zero-order chi connectivity index (χ0) is 23.8. The topological polar surface area (TPSA) is 94.9 Å². The first-order chi connectivity index (χ1) is 14.8. The van der Waals surface area contributed by atoms with Crippen LogP contribution in [0.5, 0.6) is 0 Å². The van der Waals surface area contributed by atoms with Crippen LogP contribution in [0.2, 0.25) is 5.02 Å². The van der Waals surface area contributed by atoms with Gasteiger partial charge in [-0.05, 0) is 66.5 Å². The van der Waals surface area contributed by atoms with Crippen LogP contribution in [0.15, 0.2) is 12.1 Å². The first-order valence-corrected chi connectivity index (χ1v) is 11.1. The van der Waals surface area contributed by atoms with Crippen molar-refractivity contribution in [3.05, 3.63) is 22.7 Å². The highest BCUT2D eigenvalue weighted by molar-refractivity contribution is 6.36. The zero-order valence-electron chi connectivity index (χ0n) is 19.5. The Bertz CT molecular complexity index is 931. The van der Waals surface area contributed by atoms with Crippen LogP contribution < -0.4 is 10.2 Å². The molecule has 2 unspecified atom stereocenters. The maximum Gasteiger partial charge on any atom is 0.412 e. The van der Waals surface area contributed by atoms with Crippen molar-refractivity contribution in [1.29, 1.82) is 5.26 Å². The summed E-state index contributed by atoms with van der Waals surface area (Å²) in [5, 5.41) is 12.5. The number of nitrogens with one attached hydrogen (secondary N) is 1. The summed E-state index contributed by atoms with van der Waals surface area (Å²) in [6.07, 6.45) is 0.807. The van der Waals surface area contributed by atoms with E-state index in [1.54, 1.807) is 26.8 Å². The largest absolute Gasteiger partial charge is 0.444 e. The molecule has 1 N–H and O–H groups in total. The molecule has 2 bridgehead atoms. The standard InChI is InChI=1S/C23H31ClN4O4/c1-22(2,3)31-20(29)26-17-9-14(11-25)10-18(19(17)24)27-12-15-7-8-16(13-27)28(15)21(30)32-23(4,5)6/h9-10,15-16H,7-8,12-13H2,1-6H3,(H,26,29). The molecule has 3 rings (SSSR count). The molecule has 2 amide bonds. The van der Waals surface area contributed by atoms with E-state index in [9.17, 15) is 14.9 Å². The highest BCUT2D eigenvalue weighted by Crippen LogP contribution is 2.39. The molecule has 9 heteroatoms. The van der Waals surface area contributed by atoms with Gasteiger partial charge in [0.25, 0.3) is 0 Å². The van der Waals surface area contributed by atoms with Crippen molar-refractivity contribution < 1.29 is 19.1 Å². The molecule has 2 aliphatic heterocycles. The van der Waals surface area contributed by atoms with Gasteiger partial charge in [-0.2, -0.15) is 5.26 Å². The Balaban J connectivity index is 1.83. The first-order valence-electron chi connectivity index (χ1n) is 10.8. The molecule has 2 atom stereocenters. The Morgan fingerprint density at radius 1 is 1.06 bits per heavy atom. The molecule has 0 aliphatic carbocycles. The third-order valence-electron chi connectivity index (χ3n) is 5.25. The van der Waals surface area contributed by atoms with Gasteiger partial charge in [-0.1, -0.05) is 11.6 Å². The number of hydrogen-bond donors (Lipinski definition) is 1. The van der Waals surface area contributed by atoms with E-state index in [0.717, 1.165) is 12.8 Å². The maximum atomic E-state index is 12.7. The second-order valence-corrected chi connectivity index (χ2v) is 10.7. The Hall–Kier alpha value is -2.66. The summed E-state index contributed by atoms with van der Waals surface area (Å²) in [6, 6.07) is 5.35. The van der Waals surface area contributed by atoms with E-state index in [1.807, 2.05) is 25.7 Å². The summed E-state index contributed by atoms with van der Waals surface area (Å²) in [4.78, 5) is 28.9. The zero-order valence-corrected chi connectivity index (χ0v) is 20.2. The lowest BCUT2D eigenvalue weighted by Crippen LogP contribution is -2.56. The first kappa shape index (κ1) is 24.0. The van der Waals surface area contributed by atoms with Crippen molar-refractivity contribution in [2.75, 3.05) is 23.3 Å². The maximum absolute atomic E-state index is 12.7. The summed E-state index contributed by atoms with van der Waals surface area (Å²) in [5.41, 5.74) is 0.121. The molecule has 32 heavy (non-hydrogen) atoms. The molecule has 2 heterocycles. The summed E-state index contributed by atoms with van der Waals surface area (Å²) >= 11 is 6.66. The average Bonchev–Trinajstić information content (AvgIpc) is 2.90. The summed E-state index contributed by atoms with van der Waals surface area (Å²) < 4.78 is 10.9. The Kier molecular flexibility index (Phi) is 6.52. The van der Waals surface area contributed by atoms with E-state index < -0.39 is 17.3 Å². The van der Waals surface area contributed by atoms with Crippen molar-refractivity contribution in [1.82, 2.24) is 4.90 Å². The van der Waals surface area contributed by atoms with E-state index in [2.05, 4.69) is 16.3 Å². The van der Waals surface area contributed by atoms with Gasteiger partial charge < -0.3 is 14.4 Å². The molecule has 2 saturated heterocycles. The minimum atomic E-state index is -0.663. The van der Waals surface area contributed by atoms with Gasteiger partial charge in [0, 0.05) is 13.1 Å². The molecule has 8 nitrogen and oxygen atoms in total. The van der Waals surface area contributed by atoms with Crippen LogP contribution >= 0.6 is 11.6 Å². The summed E-state index contributed by atoms with van der Waals surface area (Å²) in [5.74, 6) is 0. The third-order valence-corrected chi connectivity index (χ3v) is 5.64. The minimum Gasteiger partial charge on any atom is -0.444 e. The minimum absolute atomic E-state index is 0.00678. The van der Waals surface area contributed by atoms with Crippen molar-refractivity contribution >= 4 is 35.2 Å². The van der Waals surface area contributed by atoms with E-state index in [0.29, 0.717) is 35.1 Å². The van der Waals surface area contributed by atoms with E-state index in [1.165, 1.54) is 6.07 Å². The fraction of sp³-hybridized carbons (Fsp3) is 0.609. The van der Waals surface area contributed by atoms with Crippen LogP contribution in [0, 0.1) is 11.3 Å². The van der Waals surface area contributed by atoms with Gasteiger partial charge in [0.05, 0.1) is 40.1 Å². The number of nitriles is 1. The SMILES string of the molecule is CC(C)(C)OC(=O)Nc1cc(C#N)cc(N2CC3CCC(C2)N3C(=O)OC(C)(C)C)c1Cl. The number of fused-ring (bicyclic) bond motifs is 2. The number of anilines is 2. The third kappa shape index (κ3) is 5.57. The molecule has 174 valence electrons. The van der Waals surface area contributed by atoms with Gasteiger partial charge in [-0.3, -0.25) is 10.2 Å². The van der Waals surface area contributed by atoms with Crippen molar-refractivity contribution in [3.63, 3.8) is 0 Å². The molecular formula is C23H31ClN4O4. The van der Waals surface area contributed by atoms with Gasteiger partial charge in [0.2, 0.25) is 0 Å². The number of carbonyl (C=O) groups is 2. The number of rotatable bonds is 2. The fourth-order valence-corrected chi connectivity index (χ4v) is 4.40. The number of ether oxygens (including phenoxy) is 2. The molecule has 2 aliphatic rings. The molecular weight excluding hydrogens is 432 g/mol. The van der Waals surface area contributed by atoms with E-state index in [4.69, 9.17) is 21.1 Å². The van der Waals surface area contributed by atoms with Gasteiger partial charge in [-0.25, -0.2) is 9.59 Å². The summed E-state index contributed by atoms with van der Waals surface area (Å²) in [7, 11) is 0. The molecule has 2 fully saturated rings. The van der Waals surface area contributed by atoms with Gasteiger partial charge in [0.15, 0.2) is 0 Å². The lowest BCUT2D eigenvalue weighted by Gasteiger charge is -2.42. The van der Waals surface area contributed by atoms with E-state index >= 15 is 0 Å². The Morgan fingerprint density at radius 3 is 2.12 bits per heavy atom. The molecule has 0 aromatic heterocycles. The van der Waals surface area contributed by atoms with Crippen molar-refractivity contribution in [3.8, 4) is 6.07 Å². The average molecular weight is 463 g/mol. The molecule has 0 radical (unpaired) electrons. The molecule has 1 aromatic carbocycles. The second-order valence-electron chi connectivity index (χ2n) is 10.3. The van der Waals surface area contributed by atoms with Gasteiger partial charge in [-0.15, -0.1) is 0 Å². The summed E-state index contributed by atoms with van der Waals surface area (Å²) in [6.45, 7) is 12.0. The predicted molar refractivity (Wildman–Crippen MR) is 123 cm³/mol. The number of amides is 2. The number of carbonyl (C=O) groups excluding carboxylic acids is 2. The molecule has 1 aromatic rings. The Morgan fingerprint density at radius 2 is 1.62 bits per heavy atom. The van der Waals surface area contributed by atoms with Gasteiger partial charge >= 0.3 is 12.2 Å². The van der Waals surface area contributed by atoms with Gasteiger partial charge in [0.1, 0.15) is 11.2 Å². The monoisotopic (exact) mass is 462 g/mol. The number of hydrogen-bond acceptors (Lipinski definition) is 6. The van der Waals surface area contributed by atoms with E-state index in [-0.39, 0.29) is 18.2 Å². The highest BCUT2D eigenvalue weighted by atomic mass is 35.5. The van der Waals surface area contributed by atoms with Crippen LogP contribution in [0.25, 0.3) is 0 Å². The predicted octanol–water partition coefficient (Wildman–Crippen LogP) is 5.15. The van der Waals surface area contributed by atoms with Crippen LogP contribution in [0.4, 0.5) is 21.0 Å². The smallest absolute Gasteiger partial charge is 0.412 e. The van der Waals surface area contributed by atoms with Crippen LogP contribution in [-0.2, 0) is 9.47 Å². The van der Waals surface area contributed by atoms with Crippen LogP contribution in [0.1, 0.15) is 59.9 Å². The highest BCUT2D eigenvalue weighted by Gasteiger charge is 2.44. The van der Waals surface area contributed by atoms with Crippen LogP contribution in [-0.4, -0.2) is 53.5 Å². The lowest BCUT2D eigenvalue weighted by atomic mass is 10.1. The number of halogens is 1. The molecule has 0 spiro atoms. The van der Waals surface area contributed by atoms with Crippen molar-refractivity contribution in [2.45, 2.75) is 77.7 Å². The quantitative estimate of drug-likeness (QED) is 0.653. The van der Waals surface area contributed by atoms with Crippen molar-refractivity contribution in [2.24, 2.45) is 0 Å². The normalized spacial score (nSPS) is 20.6. The number of nitrogens with zero attached hydrogens (tertiary/aromatic N) is 3. The number of piperazine rings is 1. The second kappa shape index (κ2) is 8.70. The molecule has 0 saturated carbocycles. The van der Waals surface area contributed by atoms with Crippen LogP contribution in [0.3, 0.4) is 0 Å². The Labute approximate surface area is 194 Å². The fourth-order valence-electron chi connectivity index (χ4n) is 4.12. The lowest BCUT2D eigenvalue weighted by molar-refractivity contribution is 0.0123.